The molecule has 0 fully saturated rings. The number of aromatic carboxylic acids is 1. The predicted molar refractivity (Wildman–Crippen MR) is 69.3 cm³/mol. The molecule has 4 N–H and O–H groups in total. The number of aromatic nitrogens is 1. The van der Waals surface area contributed by atoms with E-state index in [-0.39, 0.29) is 29.2 Å². The van der Waals surface area contributed by atoms with Crippen LogP contribution < -0.4 is 11.1 Å². The molecule has 0 atom stereocenters. The summed E-state index contributed by atoms with van der Waals surface area (Å²) in [5, 5.41) is 11.5. The number of nitrogens with one attached hydrogen (secondary N) is 1. The first kappa shape index (κ1) is 13.7. The highest BCUT2D eigenvalue weighted by Gasteiger charge is 2.09. The Labute approximate surface area is 113 Å². The van der Waals surface area contributed by atoms with Gasteiger partial charge in [0.1, 0.15) is 17.5 Å². The molecule has 2 rings (SSSR count). The molecule has 0 saturated carbocycles. The summed E-state index contributed by atoms with van der Waals surface area (Å²) in [5.74, 6) is -2.05. The van der Waals surface area contributed by atoms with Crippen molar-refractivity contribution in [3.8, 4) is 0 Å². The molecule has 0 spiro atoms. The molecule has 0 bridgehead atoms. The number of anilines is 2. The second-order valence-corrected chi connectivity index (χ2v) is 4.06. The van der Waals surface area contributed by atoms with Crippen LogP contribution in [0.5, 0.6) is 0 Å². The van der Waals surface area contributed by atoms with Crippen LogP contribution in [0.25, 0.3) is 0 Å². The first-order valence-corrected chi connectivity index (χ1v) is 5.64. The Balaban J connectivity index is 2.15. The van der Waals surface area contributed by atoms with Gasteiger partial charge in [-0.25, -0.2) is 18.6 Å². The molecule has 0 radical (unpaired) electrons. The van der Waals surface area contributed by atoms with E-state index in [0.29, 0.717) is 0 Å². The molecule has 0 aliphatic heterocycles. The Kier molecular flexibility index (Phi) is 3.79. The van der Waals surface area contributed by atoms with Crippen molar-refractivity contribution >= 4 is 17.5 Å². The fourth-order valence-corrected chi connectivity index (χ4v) is 1.60. The van der Waals surface area contributed by atoms with Gasteiger partial charge in [-0.2, -0.15) is 0 Å². The van der Waals surface area contributed by atoms with Crippen molar-refractivity contribution in [1.82, 2.24) is 4.98 Å². The largest absolute Gasteiger partial charge is 0.478 e. The van der Waals surface area contributed by atoms with Crippen LogP contribution in [0.15, 0.2) is 30.5 Å². The molecule has 0 aliphatic carbocycles. The molecule has 7 heteroatoms. The number of carboxylic acid groups (broad SMARTS) is 1. The number of nitrogens with two attached hydrogens (primary N) is 1. The molecule has 0 unspecified atom stereocenters. The smallest absolute Gasteiger partial charge is 0.337 e. The third kappa shape index (κ3) is 3.00. The summed E-state index contributed by atoms with van der Waals surface area (Å²) < 4.78 is 26.4. The van der Waals surface area contributed by atoms with Crippen LogP contribution in [0.4, 0.5) is 20.3 Å². The lowest BCUT2D eigenvalue weighted by molar-refractivity contribution is 0.0696. The van der Waals surface area contributed by atoms with Gasteiger partial charge in [0, 0.05) is 18.3 Å². The quantitative estimate of drug-likeness (QED) is 0.799. The molecule has 1 aromatic carbocycles. The average molecular weight is 279 g/mol. The van der Waals surface area contributed by atoms with Crippen LogP contribution in [0.1, 0.15) is 15.9 Å². The summed E-state index contributed by atoms with van der Waals surface area (Å²) in [6.45, 7) is -0.0206. The molecule has 1 aromatic heterocycles. The third-order valence-corrected chi connectivity index (χ3v) is 2.62. The van der Waals surface area contributed by atoms with Gasteiger partial charge < -0.3 is 16.2 Å². The van der Waals surface area contributed by atoms with Crippen molar-refractivity contribution in [2.75, 3.05) is 11.1 Å². The summed E-state index contributed by atoms with van der Waals surface area (Å²) in [6, 6.07) is 4.34. The highest BCUT2D eigenvalue weighted by atomic mass is 19.1. The van der Waals surface area contributed by atoms with Crippen molar-refractivity contribution in [2.24, 2.45) is 0 Å². The van der Waals surface area contributed by atoms with Gasteiger partial charge in [-0.3, -0.25) is 0 Å². The Bertz CT molecular complexity index is 662. The number of carboxylic acids is 1. The van der Waals surface area contributed by atoms with Crippen LogP contribution in [0.3, 0.4) is 0 Å². The van der Waals surface area contributed by atoms with E-state index in [2.05, 4.69) is 10.3 Å². The minimum atomic E-state index is -1.15. The fraction of sp³-hybridized carbons (Fsp3) is 0.0769. The molecule has 5 nitrogen and oxygen atoms in total. The van der Waals surface area contributed by atoms with Crippen molar-refractivity contribution in [2.45, 2.75) is 6.54 Å². The van der Waals surface area contributed by atoms with Crippen molar-refractivity contribution in [1.29, 1.82) is 0 Å². The zero-order valence-corrected chi connectivity index (χ0v) is 10.2. The van der Waals surface area contributed by atoms with E-state index >= 15 is 0 Å². The molecule has 0 aliphatic rings. The van der Waals surface area contributed by atoms with Crippen LogP contribution in [-0.4, -0.2) is 16.1 Å². The first-order valence-electron chi connectivity index (χ1n) is 5.64. The predicted octanol–water partition coefficient (Wildman–Crippen LogP) is 2.25. The number of carbonyl (C=O) groups is 1. The molecule has 20 heavy (non-hydrogen) atoms. The van der Waals surface area contributed by atoms with E-state index in [0.717, 1.165) is 24.4 Å². The summed E-state index contributed by atoms with van der Waals surface area (Å²) in [4.78, 5) is 14.6. The van der Waals surface area contributed by atoms with Gasteiger partial charge in [0.2, 0.25) is 0 Å². The number of hydrogen-bond acceptors (Lipinski definition) is 4. The minimum Gasteiger partial charge on any atom is -0.478 e. The van der Waals surface area contributed by atoms with Crippen molar-refractivity contribution in [3.63, 3.8) is 0 Å². The lowest BCUT2D eigenvalue weighted by Crippen LogP contribution is -2.08. The maximum atomic E-state index is 13.4. The van der Waals surface area contributed by atoms with E-state index in [4.69, 9.17) is 10.8 Å². The Morgan fingerprint density at radius 3 is 2.75 bits per heavy atom. The van der Waals surface area contributed by atoms with Gasteiger partial charge in [0.15, 0.2) is 0 Å². The van der Waals surface area contributed by atoms with E-state index in [1.54, 1.807) is 0 Å². The second kappa shape index (κ2) is 5.52. The van der Waals surface area contributed by atoms with E-state index in [9.17, 15) is 13.6 Å². The maximum Gasteiger partial charge on any atom is 0.337 e. The third-order valence-electron chi connectivity index (χ3n) is 2.62. The van der Waals surface area contributed by atoms with E-state index < -0.39 is 17.6 Å². The van der Waals surface area contributed by atoms with Gasteiger partial charge in [-0.15, -0.1) is 0 Å². The average Bonchev–Trinajstić information content (AvgIpc) is 2.40. The monoisotopic (exact) mass is 279 g/mol. The maximum absolute atomic E-state index is 13.4. The molecule has 1 heterocycles. The lowest BCUT2D eigenvalue weighted by Gasteiger charge is -2.09. The molecule has 0 amide bonds. The Hall–Kier alpha value is -2.70. The van der Waals surface area contributed by atoms with Gasteiger partial charge >= 0.3 is 5.97 Å². The summed E-state index contributed by atoms with van der Waals surface area (Å²) in [5.41, 5.74) is 5.82. The van der Waals surface area contributed by atoms with Crippen molar-refractivity contribution in [3.05, 3.63) is 53.2 Å². The second-order valence-electron chi connectivity index (χ2n) is 4.06. The number of halogens is 2. The number of benzene rings is 1. The molecule has 0 saturated heterocycles. The van der Waals surface area contributed by atoms with Crippen molar-refractivity contribution < 1.29 is 18.7 Å². The van der Waals surface area contributed by atoms with Gasteiger partial charge in [0.05, 0.1) is 11.3 Å². The standard InChI is InChI=1S/C13H11F2N3O2/c14-9-1-2-10(15)7(3-9)5-17-12-11(16)4-8(6-18-12)13(19)20/h1-4,6H,5,16H2,(H,17,18)(H,19,20). The first-order chi connectivity index (χ1) is 9.47. The number of pyridine rings is 1. The number of rotatable bonds is 4. The van der Waals surface area contributed by atoms with Crippen LogP contribution in [0.2, 0.25) is 0 Å². The summed E-state index contributed by atoms with van der Waals surface area (Å²) in [7, 11) is 0. The van der Waals surface area contributed by atoms with Gasteiger partial charge in [-0.05, 0) is 24.3 Å². The molecule has 2 aromatic rings. The topological polar surface area (TPSA) is 88.2 Å². The summed E-state index contributed by atoms with van der Waals surface area (Å²) >= 11 is 0. The lowest BCUT2D eigenvalue weighted by atomic mass is 10.2. The molecule has 104 valence electrons. The zero-order chi connectivity index (χ0) is 14.7. The SMILES string of the molecule is Nc1cc(C(=O)O)cnc1NCc1cc(F)ccc1F. The fourth-order valence-electron chi connectivity index (χ4n) is 1.60. The van der Waals surface area contributed by atoms with E-state index in [1.165, 1.54) is 6.07 Å². The van der Waals surface area contributed by atoms with Crippen LogP contribution in [0, 0.1) is 11.6 Å². The molecular weight excluding hydrogens is 268 g/mol. The van der Waals surface area contributed by atoms with Crippen LogP contribution >= 0.6 is 0 Å². The molecular formula is C13H11F2N3O2. The van der Waals surface area contributed by atoms with Gasteiger partial charge in [0.25, 0.3) is 0 Å². The number of hydrogen-bond donors (Lipinski definition) is 3. The summed E-state index contributed by atoms with van der Waals surface area (Å²) in [6.07, 6.45) is 1.13. The van der Waals surface area contributed by atoms with Gasteiger partial charge in [-0.1, -0.05) is 0 Å². The van der Waals surface area contributed by atoms with Crippen LogP contribution in [-0.2, 0) is 6.54 Å². The van der Waals surface area contributed by atoms with E-state index in [1.807, 2.05) is 0 Å². The Morgan fingerprint density at radius 2 is 2.10 bits per heavy atom. The zero-order valence-electron chi connectivity index (χ0n) is 10.2. The number of nitrogens with zero attached hydrogens (tertiary/aromatic N) is 1. The normalized spacial score (nSPS) is 10.3. The minimum absolute atomic E-state index is 0.0206. The number of nitrogen functional groups attached to an aromatic ring is 1. The highest BCUT2D eigenvalue weighted by Crippen LogP contribution is 2.18. The Morgan fingerprint density at radius 1 is 1.35 bits per heavy atom. The highest BCUT2D eigenvalue weighted by molar-refractivity contribution is 5.89.